The Morgan fingerprint density at radius 2 is 2.00 bits per heavy atom. The van der Waals surface area contributed by atoms with Crippen molar-refractivity contribution in [1.29, 1.82) is 0 Å². The maximum absolute atomic E-state index is 12.9. The fourth-order valence-electron chi connectivity index (χ4n) is 2.34. The van der Waals surface area contributed by atoms with E-state index >= 15 is 0 Å². The van der Waals surface area contributed by atoms with Gasteiger partial charge in [-0.15, -0.1) is 0 Å². The van der Waals surface area contributed by atoms with Crippen LogP contribution >= 0.6 is 0 Å². The molecule has 0 aliphatic heterocycles. The van der Waals surface area contributed by atoms with Crippen LogP contribution < -0.4 is 15.6 Å². The smallest absolute Gasteiger partial charge is 0.258 e. The predicted molar refractivity (Wildman–Crippen MR) is 77.6 cm³/mol. The maximum Gasteiger partial charge on any atom is 0.258 e. The summed E-state index contributed by atoms with van der Waals surface area (Å²) in [5.74, 6) is 0.238. The van der Waals surface area contributed by atoms with Crippen molar-refractivity contribution in [2.24, 2.45) is 5.92 Å². The molecular formula is C15H15FN4O2. The molecule has 3 rings (SSSR count). The Morgan fingerprint density at radius 1 is 1.27 bits per heavy atom. The van der Waals surface area contributed by atoms with Crippen molar-refractivity contribution in [2.75, 3.05) is 12.5 Å². The molecule has 1 heterocycles. The van der Waals surface area contributed by atoms with Crippen molar-refractivity contribution in [3.8, 4) is 5.88 Å². The third-order valence-electron chi connectivity index (χ3n) is 3.59. The van der Waals surface area contributed by atoms with Gasteiger partial charge in [0.1, 0.15) is 5.82 Å². The van der Waals surface area contributed by atoms with Crippen molar-refractivity contribution < 1.29 is 13.9 Å². The molecule has 0 spiro atoms. The number of rotatable bonds is 5. The van der Waals surface area contributed by atoms with Crippen molar-refractivity contribution >= 4 is 11.7 Å². The number of halogens is 1. The Morgan fingerprint density at radius 3 is 2.73 bits per heavy atom. The molecule has 0 radical (unpaired) electrons. The Bertz CT molecular complexity index is 677. The summed E-state index contributed by atoms with van der Waals surface area (Å²) in [6.45, 7) is 0. The van der Waals surface area contributed by atoms with Gasteiger partial charge in [0.15, 0.2) is 0 Å². The van der Waals surface area contributed by atoms with Gasteiger partial charge in [-0.2, -0.15) is 0 Å². The van der Waals surface area contributed by atoms with Crippen LogP contribution in [0.15, 0.2) is 36.7 Å². The Balaban J connectivity index is 1.56. The van der Waals surface area contributed by atoms with Gasteiger partial charge in [-0.25, -0.2) is 14.4 Å². The second-order valence-corrected chi connectivity index (χ2v) is 5.03. The standard InChI is InChI=1S/C15H15FN4O2/c1-22-15-13(17-6-7-18-15)19-20-14(21)12-8-11(12)9-2-4-10(16)5-3-9/h2-7,11-12H,8H2,1H3,(H,17,19)(H,20,21)/t11-,12-/m0/s1. The number of carbonyl (C=O) groups excluding carboxylic acids is 1. The summed E-state index contributed by atoms with van der Waals surface area (Å²) >= 11 is 0. The SMILES string of the molecule is COc1nccnc1NNC(=O)[C@H]1C[C@H]1c1ccc(F)cc1. The lowest BCUT2D eigenvalue weighted by Crippen LogP contribution is -2.31. The highest BCUT2D eigenvalue weighted by atomic mass is 19.1. The first kappa shape index (κ1) is 14.2. The van der Waals surface area contributed by atoms with Gasteiger partial charge < -0.3 is 4.74 Å². The molecular weight excluding hydrogens is 287 g/mol. The molecule has 2 aromatic rings. The van der Waals surface area contributed by atoms with E-state index in [1.165, 1.54) is 31.6 Å². The fraction of sp³-hybridized carbons (Fsp3) is 0.267. The zero-order valence-electron chi connectivity index (χ0n) is 11.9. The molecule has 0 bridgehead atoms. The van der Waals surface area contributed by atoms with Gasteiger partial charge in [0.2, 0.25) is 11.7 Å². The first-order chi connectivity index (χ1) is 10.7. The van der Waals surface area contributed by atoms with Crippen LogP contribution in [0.1, 0.15) is 17.9 Å². The molecule has 22 heavy (non-hydrogen) atoms. The van der Waals surface area contributed by atoms with Crippen LogP contribution in [0.4, 0.5) is 10.2 Å². The Labute approximate surface area is 126 Å². The van der Waals surface area contributed by atoms with Gasteiger partial charge in [0, 0.05) is 18.3 Å². The van der Waals surface area contributed by atoms with Crippen LogP contribution in [0.5, 0.6) is 5.88 Å². The summed E-state index contributed by atoms with van der Waals surface area (Å²) in [6.07, 6.45) is 3.74. The van der Waals surface area contributed by atoms with Crippen LogP contribution in [0.2, 0.25) is 0 Å². The van der Waals surface area contributed by atoms with Gasteiger partial charge in [-0.05, 0) is 30.0 Å². The molecule has 1 saturated carbocycles. The minimum Gasteiger partial charge on any atom is -0.478 e. The van der Waals surface area contributed by atoms with E-state index in [0.717, 1.165) is 12.0 Å². The number of benzene rings is 1. The number of amides is 1. The van der Waals surface area contributed by atoms with Crippen LogP contribution in [-0.4, -0.2) is 23.0 Å². The highest BCUT2D eigenvalue weighted by molar-refractivity contribution is 5.83. The third-order valence-corrected chi connectivity index (χ3v) is 3.59. The first-order valence-electron chi connectivity index (χ1n) is 6.85. The van der Waals surface area contributed by atoms with Crippen LogP contribution in [0.25, 0.3) is 0 Å². The molecule has 1 amide bonds. The lowest BCUT2D eigenvalue weighted by molar-refractivity contribution is -0.121. The molecule has 1 fully saturated rings. The molecule has 7 heteroatoms. The van der Waals surface area contributed by atoms with E-state index in [2.05, 4.69) is 20.8 Å². The van der Waals surface area contributed by atoms with E-state index in [0.29, 0.717) is 11.7 Å². The molecule has 114 valence electrons. The third kappa shape index (κ3) is 2.98. The average molecular weight is 302 g/mol. The lowest BCUT2D eigenvalue weighted by Gasteiger charge is -2.09. The second-order valence-electron chi connectivity index (χ2n) is 5.03. The molecule has 2 N–H and O–H groups in total. The maximum atomic E-state index is 12.9. The molecule has 1 aromatic carbocycles. The van der Waals surface area contributed by atoms with E-state index < -0.39 is 0 Å². The minimum atomic E-state index is -0.276. The quantitative estimate of drug-likeness (QED) is 0.825. The monoisotopic (exact) mass is 302 g/mol. The van der Waals surface area contributed by atoms with E-state index in [9.17, 15) is 9.18 Å². The fourth-order valence-corrected chi connectivity index (χ4v) is 2.34. The number of carbonyl (C=O) groups is 1. The minimum absolute atomic E-state index is 0.124. The number of hydrazine groups is 1. The van der Waals surface area contributed by atoms with Crippen molar-refractivity contribution in [1.82, 2.24) is 15.4 Å². The van der Waals surface area contributed by atoms with Gasteiger partial charge in [0.05, 0.1) is 7.11 Å². The summed E-state index contributed by atoms with van der Waals surface area (Å²) in [7, 11) is 1.47. The van der Waals surface area contributed by atoms with Crippen molar-refractivity contribution in [3.05, 3.63) is 48.0 Å². The molecule has 2 atom stereocenters. The summed E-state index contributed by atoms with van der Waals surface area (Å²) < 4.78 is 17.9. The van der Waals surface area contributed by atoms with Gasteiger partial charge in [-0.3, -0.25) is 15.6 Å². The van der Waals surface area contributed by atoms with Crippen LogP contribution in [0, 0.1) is 11.7 Å². The van der Waals surface area contributed by atoms with Gasteiger partial charge >= 0.3 is 0 Å². The number of ether oxygens (including phenoxy) is 1. The summed E-state index contributed by atoms with van der Waals surface area (Å²) in [5, 5.41) is 0. The molecule has 0 saturated heterocycles. The Kier molecular flexibility index (Phi) is 3.86. The average Bonchev–Trinajstić information content (AvgIpc) is 3.34. The van der Waals surface area contributed by atoms with E-state index in [1.807, 2.05) is 0 Å². The number of nitrogens with zero attached hydrogens (tertiary/aromatic N) is 2. The molecule has 0 unspecified atom stereocenters. The van der Waals surface area contributed by atoms with Crippen LogP contribution in [0.3, 0.4) is 0 Å². The normalized spacial score (nSPS) is 19.4. The lowest BCUT2D eigenvalue weighted by atomic mass is 10.1. The van der Waals surface area contributed by atoms with Gasteiger partial charge in [0.25, 0.3) is 5.88 Å². The first-order valence-corrected chi connectivity index (χ1v) is 6.85. The molecule has 6 nitrogen and oxygen atoms in total. The molecule has 1 aromatic heterocycles. The topological polar surface area (TPSA) is 76.1 Å². The number of aromatic nitrogens is 2. The predicted octanol–water partition coefficient (Wildman–Crippen LogP) is 1.87. The highest BCUT2D eigenvalue weighted by Crippen LogP contribution is 2.47. The highest BCUT2D eigenvalue weighted by Gasteiger charge is 2.44. The Hall–Kier alpha value is -2.70. The van der Waals surface area contributed by atoms with Gasteiger partial charge in [-0.1, -0.05) is 12.1 Å². The zero-order valence-corrected chi connectivity index (χ0v) is 11.9. The number of hydrogen-bond acceptors (Lipinski definition) is 5. The van der Waals surface area contributed by atoms with Crippen LogP contribution in [-0.2, 0) is 4.79 Å². The zero-order chi connectivity index (χ0) is 15.5. The number of nitrogens with one attached hydrogen (secondary N) is 2. The van der Waals surface area contributed by atoms with E-state index in [-0.39, 0.29) is 23.6 Å². The van der Waals surface area contributed by atoms with E-state index in [1.54, 1.807) is 12.1 Å². The second kappa shape index (κ2) is 5.97. The summed E-state index contributed by atoms with van der Waals surface area (Å²) in [5.41, 5.74) is 6.28. The molecule has 1 aliphatic rings. The van der Waals surface area contributed by atoms with Crippen molar-refractivity contribution in [2.45, 2.75) is 12.3 Å². The summed E-state index contributed by atoms with van der Waals surface area (Å²) in [6, 6.07) is 6.25. The molecule has 1 aliphatic carbocycles. The largest absolute Gasteiger partial charge is 0.478 e. The number of methoxy groups -OCH3 is 1. The summed E-state index contributed by atoms with van der Waals surface area (Å²) in [4.78, 5) is 20.1. The van der Waals surface area contributed by atoms with Crippen molar-refractivity contribution in [3.63, 3.8) is 0 Å². The van der Waals surface area contributed by atoms with E-state index in [4.69, 9.17) is 4.74 Å². The number of hydrogen-bond donors (Lipinski definition) is 2. The number of anilines is 1.